The second-order valence-corrected chi connectivity index (χ2v) is 6.89. The van der Waals surface area contributed by atoms with Gasteiger partial charge in [-0.1, -0.05) is 54.6 Å². The van der Waals surface area contributed by atoms with Crippen molar-refractivity contribution in [2.75, 3.05) is 13.1 Å². The van der Waals surface area contributed by atoms with Gasteiger partial charge in [0.05, 0.1) is 17.8 Å². The highest BCUT2D eigenvalue weighted by Crippen LogP contribution is 2.39. The maximum atomic E-state index is 4.70. The number of nitrogens with zero attached hydrogens (tertiary/aromatic N) is 2. The van der Waals surface area contributed by atoms with E-state index in [1.807, 2.05) is 0 Å². The van der Waals surface area contributed by atoms with Crippen molar-refractivity contribution in [3.8, 4) is 11.1 Å². The second kappa shape index (κ2) is 5.20. The van der Waals surface area contributed by atoms with Crippen LogP contribution in [0.25, 0.3) is 11.1 Å². The van der Waals surface area contributed by atoms with Gasteiger partial charge in [-0.25, -0.2) is 0 Å². The van der Waals surface area contributed by atoms with Gasteiger partial charge < -0.3 is 5.43 Å². The Morgan fingerprint density at radius 2 is 1.57 bits per heavy atom. The van der Waals surface area contributed by atoms with Crippen molar-refractivity contribution in [1.82, 2.24) is 10.3 Å². The highest BCUT2D eigenvalue weighted by atomic mass is 15.4. The highest BCUT2D eigenvalue weighted by molar-refractivity contribution is 5.95. The molecule has 4 heterocycles. The molecule has 0 unspecified atom stereocenters. The predicted molar refractivity (Wildman–Crippen MR) is 93.3 cm³/mol. The molecule has 3 heteroatoms. The standard InChI is InChI=1S/C20H21N3/c1-2-4-14(5-3-1)15-6-8-16(9-7-15)18-20-19(22-21-18)17-10-12-23(20)13-11-17/h1-9,17-18,20-21H,10-13H2/t18-,20-/m1/s1. The summed E-state index contributed by atoms with van der Waals surface area (Å²) in [7, 11) is 0. The first-order chi connectivity index (χ1) is 11.4. The monoisotopic (exact) mass is 303 g/mol. The van der Waals surface area contributed by atoms with Crippen molar-refractivity contribution in [2.45, 2.75) is 24.9 Å². The number of piperidine rings is 3. The van der Waals surface area contributed by atoms with Crippen LogP contribution in [0.3, 0.4) is 0 Å². The number of benzene rings is 2. The summed E-state index contributed by atoms with van der Waals surface area (Å²) in [5, 5.41) is 4.70. The summed E-state index contributed by atoms with van der Waals surface area (Å²) in [5.41, 5.74) is 8.72. The van der Waals surface area contributed by atoms with Crippen LogP contribution in [0.4, 0.5) is 0 Å². The molecule has 3 nitrogen and oxygen atoms in total. The largest absolute Gasteiger partial charge is 0.301 e. The van der Waals surface area contributed by atoms with Gasteiger partial charge in [-0.05, 0) is 42.6 Å². The van der Waals surface area contributed by atoms with Crippen LogP contribution in [-0.4, -0.2) is 29.7 Å². The predicted octanol–water partition coefficient (Wildman–Crippen LogP) is 3.45. The van der Waals surface area contributed by atoms with Gasteiger partial charge in [-0.3, -0.25) is 4.90 Å². The third-order valence-electron chi connectivity index (χ3n) is 5.67. The molecule has 0 aromatic heterocycles. The smallest absolute Gasteiger partial charge is 0.0899 e. The van der Waals surface area contributed by atoms with Crippen molar-refractivity contribution in [3.63, 3.8) is 0 Å². The zero-order valence-corrected chi connectivity index (χ0v) is 13.2. The number of nitrogens with one attached hydrogen (secondary N) is 1. The van der Waals surface area contributed by atoms with Crippen LogP contribution in [0, 0.1) is 5.92 Å². The average molecular weight is 303 g/mol. The number of hydrogen-bond acceptors (Lipinski definition) is 3. The van der Waals surface area contributed by atoms with Gasteiger partial charge in [0.2, 0.25) is 0 Å². The quantitative estimate of drug-likeness (QED) is 0.920. The summed E-state index contributed by atoms with van der Waals surface area (Å²) >= 11 is 0. The van der Waals surface area contributed by atoms with Crippen molar-refractivity contribution >= 4 is 5.71 Å². The van der Waals surface area contributed by atoms with E-state index in [0.29, 0.717) is 18.0 Å². The van der Waals surface area contributed by atoms with Gasteiger partial charge in [0.25, 0.3) is 0 Å². The molecule has 0 amide bonds. The van der Waals surface area contributed by atoms with Crippen molar-refractivity contribution in [2.24, 2.45) is 11.0 Å². The summed E-state index contributed by atoms with van der Waals surface area (Å²) in [6.45, 7) is 2.46. The van der Waals surface area contributed by atoms with Crippen LogP contribution in [-0.2, 0) is 0 Å². The van der Waals surface area contributed by atoms with Gasteiger partial charge in [0.15, 0.2) is 0 Å². The average Bonchev–Trinajstić information content (AvgIpc) is 3.11. The minimum atomic E-state index is 0.318. The van der Waals surface area contributed by atoms with E-state index < -0.39 is 0 Å². The Hall–Kier alpha value is -2.13. The number of hydrazone groups is 1. The molecule has 2 atom stereocenters. The first-order valence-corrected chi connectivity index (χ1v) is 8.62. The molecule has 3 fully saturated rings. The molecule has 2 aromatic carbocycles. The Kier molecular flexibility index (Phi) is 3.01. The first kappa shape index (κ1) is 13.3. The van der Waals surface area contributed by atoms with E-state index in [9.17, 15) is 0 Å². The molecule has 4 aliphatic heterocycles. The van der Waals surface area contributed by atoms with Gasteiger partial charge in [-0.2, -0.15) is 5.10 Å². The van der Waals surface area contributed by atoms with Crippen LogP contribution in [0.5, 0.6) is 0 Å². The molecule has 116 valence electrons. The molecule has 0 radical (unpaired) electrons. The van der Waals surface area contributed by atoms with Crippen molar-refractivity contribution in [1.29, 1.82) is 0 Å². The van der Waals surface area contributed by atoms with E-state index in [2.05, 4.69) is 64.9 Å². The zero-order chi connectivity index (χ0) is 15.2. The lowest BCUT2D eigenvalue weighted by Crippen LogP contribution is -2.56. The summed E-state index contributed by atoms with van der Waals surface area (Å²) < 4.78 is 0. The Balaban J connectivity index is 1.43. The number of rotatable bonds is 2. The summed E-state index contributed by atoms with van der Waals surface area (Å²) in [6, 6.07) is 20.4. The molecule has 0 aliphatic carbocycles. The zero-order valence-electron chi connectivity index (χ0n) is 13.2. The third-order valence-corrected chi connectivity index (χ3v) is 5.67. The fourth-order valence-electron chi connectivity index (χ4n) is 4.43. The van der Waals surface area contributed by atoms with E-state index in [1.54, 1.807) is 0 Å². The molecule has 1 N–H and O–H groups in total. The summed E-state index contributed by atoms with van der Waals surface area (Å²) in [6.07, 6.45) is 2.58. The molecular formula is C20H21N3. The van der Waals surface area contributed by atoms with Crippen LogP contribution < -0.4 is 5.43 Å². The van der Waals surface area contributed by atoms with Gasteiger partial charge >= 0.3 is 0 Å². The topological polar surface area (TPSA) is 27.6 Å². The molecule has 3 saturated heterocycles. The third kappa shape index (κ3) is 2.11. The van der Waals surface area contributed by atoms with Crippen LogP contribution in [0.2, 0.25) is 0 Å². The molecular weight excluding hydrogens is 282 g/mol. The SMILES string of the molecule is c1ccc(-c2ccc([C@H]3NN=C4C5CCN(CC5)[C@@H]43)cc2)cc1. The van der Waals surface area contributed by atoms with E-state index in [4.69, 9.17) is 5.10 Å². The first-order valence-electron chi connectivity index (χ1n) is 8.62. The fraction of sp³-hybridized carbons (Fsp3) is 0.350. The molecule has 6 rings (SSSR count). The van der Waals surface area contributed by atoms with E-state index in [0.717, 1.165) is 0 Å². The van der Waals surface area contributed by atoms with Gasteiger partial charge in [0, 0.05) is 5.92 Å². The summed E-state index contributed by atoms with van der Waals surface area (Å²) in [5.74, 6) is 0.714. The van der Waals surface area contributed by atoms with Crippen LogP contribution in [0.15, 0.2) is 59.7 Å². The Morgan fingerprint density at radius 3 is 2.30 bits per heavy atom. The van der Waals surface area contributed by atoms with Crippen molar-refractivity contribution in [3.05, 3.63) is 60.2 Å². The molecule has 23 heavy (non-hydrogen) atoms. The molecule has 4 aliphatic rings. The van der Waals surface area contributed by atoms with E-state index >= 15 is 0 Å². The molecule has 0 saturated carbocycles. The number of fused-ring (bicyclic) bond motifs is 2. The molecule has 2 bridgehead atoms. The molecule has 0 spiro atoms. The van der Waals surface area contributed by atoms with Gasteiger partial charge in [0.1, 0.15) is 0 Å². The highest BCUT2D eigenvalue weighted by Gasteiger charge is 2.46. The minimum absolute atomic E-state index is 0.318. The maximum Gasteiger partial charge on any atom is 0.0899 e. The Morgan fingerprint density at radius 1 is 0.870 bits per heavy atom. The van der Waals surface area contributed by atoms with Gasteiger partial charge in [-0.15, -0.1) is 0 Å². The van der Waals surface area contributed by atoms with E-state index in [1.165, 1.54) is 48.3 Å². The number of hydrogen-bond donors (Lipinski definition) is 1. The van der Waals surface area contributed by atoms with E-state index in [-0.39, 0.29) is 0 Å². The minimum Gasteiger partial charge on any atom is -0.301 e. The Bertz CT molecular complexity index is 727. The van der Waals surface area contributed by atoms with Crippen LogP contribution >= 0.6 is 0 Å². The lowest BCUT2D eigenvalue weighted by atomic mass is 9.78. The van der Waals surface area contributed by atoms with Crippen LogP contribution in [0.1, 0.15) is 24.4 Å². The summed E-state index contributed by atoms with van der Waals surface area (Å²) in [4.78, 5) is 2.62. The molecule has 2 aromatic rings. The normalized spacial score (nSPS) is 31.4. The lowest BCUT2D eigenvalue weighted by molar-refractivity contribution is 0.133. The lowest BCUT2D eigenvalue weighted by Gasteiger charge is -2.45. The second-order valence-electron chi connectivity index (χ2n) is 6.89. The maximum absolute atomic E-state index is 4.70. The Labute approximate surface area is 137 Å². The van der Waals surface area contributed by atoms with Crippen molar-refractivity contribution < 1.29 is 0 Å². The fourth-order valence-corrected chi connectivity index (χ4v) is 4.43.